The van der Waals surface area contributed by atoms with Crippen molar-refractivity contribution < 1.29 is 14.7 Å². The summed E-state index contributed by atoms with van der Waals surface area (Å²) in [6.45, 7) is 2.10. The van der Waals surface area contributed by atoms with Crippen LogP contribution in [0.25, 0.3) is 10.1 Å². The number of benzene rings is 1. The van der Waals surface area contributed by atoms with Crippen molar-refractivity contribution in [2.45, 2.75) is 13.3 Å². The van der Waals surface area contributed by atoms with Gasteiger partial charge in [0, 0.05) is 4.70 Å². The van der Waals surface area contributed by atoms with E-state index >= 15 is 0 Å². The molecule has 0 atom stereocenters. The molecule has 3 nitrogen and oxygen atoms in total. The summed E-state index contributed by atoms with van der Waals surface area (Å²) in [5.41, 5.74) is 1.26. The topological polar surface area (TPSA) is 49.7 Å². The lowest BCUT2D eigenvalue weighted by Gasteiger charge is -1.97. The van der Waals surface area contributed by atoms with E-state index in [4.69, 9.17) is 14.7 Å². The average molecular weight is 222 g/mol. The minimum Gasteiger partial charge on any atom is -0.504 e. The first kappa shape index (κ1) is 10.5. The van der Waals surface area contributed by atoms with Crippen molar-refractivity contribution in [3.05, 3.63) is 29.8 Å². The van der Waals surface area contributed by atoms with Crippen LogP contribution in [0.1, 0.15) is 12.5 Å². The molecular weight excluding hydrogens is 211 g/mol. The smallest absolute Gasteiger partial charge is 0.504 e. The van der Waals surface area contributed by atoms with Crippen LogP contribution in [0, 0.1) is 0 Å². The van der Waals surface area contributed by atoms with Crippen LogP contribution in [0.2, 0.25) is 0 Å². The minimum atomic E-state index is -1.75. The molecule has 0 radical (unpaired) electrons. The molecule has 0 saturated carbocycles. The monoisotopic (exact) mass is 222 g/mol. The molecule has 78 valence electrons. The molecule has 0 aliphatic carbocycles. The quantitative estimate of drug-likeness (QED) is 0.778. The van der Waals surface area contributed by atoms with Crippen LogP contribution >= 0.6 is 11.3 Å². The van der Waals surface area contributed by atoms with Gasteiger partial charge in [0.05, 0.1) is 0 Å². The summed E-state index contributed by atoms with van der Waals surface area (Å²) in [5.74, 6) is 0. The predicted octanol–water partition coefficient (Wildman–Crippen LogP) is 1.81. The van der Waals surface area contributed by atoms with Crippen LogP contribution in [0.15, 0.2) is 24.3 Å². The summed E-state index contributed by atoms with van der Waals surface area (Å²) < 4.78 is 5.89. The van der Waals surface area contributed by atoms with Crippen molar-refractivity contribution in [3.8, 4) is 5.06 Å². The molecule has 0 aliphatic rings. The molecule has 0 fully saturated rings. The van der Waals surface area contributed by atoms with Crippen LogP contribution < -0.4 is 4.65 Å². The lowest BCUT2D eigenvalue weighted by Crippen LogP contribution is -2.19. The van der Waals surface area contributed by atoms with E-state index in [2.05, 4.69) is 19.1 Å². The highest BCUT2D eigenvalue weighted by atomic mass is 32.1. The maximum absolute atomic E-state index is 8.67. The summed E-state index contributed by atoms with van der Waals surface area (Å²) in [4.78, 5) is 0. The number of hydrogen-bond acceptors (Lipinski definition) is 4. The molecule has 0 bridgehead atoms. The van der Waals surface area contributed by atoms with E-state index in [0.717, 1.165) is 16.5 Å². The van der Waals surface area contributed by atoms with Crippen molar-refractivity contribution in [2.75, 3.05) is 0 Å². The van der Waals surface area contributed by atoms with E-state index in [1.807, 2.05) is 12.1 Å². The van der Waals surface area contributed by atoms with Crippen LogP contribution in [0.5, 0.6) is 5.06 Å². The molecule has 0 aliphatic heterocycles. The highest BCUT2D eigenvalue weighted by Gasteiger charge is 2.13. The van der Waals surface area contributed by atoms with Gasteiger partial charge in [-0.3, -0.25) is 0 Å². The Balaban J connectivity index is 2.37. The van der Waals surface area contributed by atoms with E-state index in [9.17, 15) is 0 Å². The Labute approximate surface area is 92.1 Å². The van der Waals surface area contributed by atoms with Gasteiger partial charge in [-0.15, -0.1) is 11.3 Å². The van der Waals surface area contributed by atoms with Gasteiger partial charge >= 0.3 is 7.32 Å². The fourth-order valence-electron chi connectivity index (χ4n) is 1.45. The molecule has 1 heterocycles. The molecule has 2 N–H and O–H groups in total. The Morgan fingerprint density at radius 2 is 2.13 bits per heavy atom. The maximum atomic E-state index is 8.67. The molecule has 15 heavy (non-hydrogen) atoms. The van der Waals surface area contributed by atoms with Gasteiger partial charge in [-0.25, -0.2) is 0 Å². The number of aryl methyl sites for hydroxylation is 1. The normalized spacial score (nSPS) is 10.6. The van der Waals surface area contributed by atoms with Gasteiger partial charge in [-0.2, -0.15) is 0 Å². The third kappa shape index (κ3) is 2.31. The van der Waals surface area contributed by atoms with Gasteiger partial charge in [0.2, 0.25) is 0 Å². The highest BCUT2D eigenvalue weighted by Crippen LogP contribution is 2.32. The van der Waals surface area contributed by atoms with Crippen molar-refractivity contribution in [1.29, 1.82) is 0 Å². The third-order valence-corrected chi connectivity index (χ3v) is 3.19. The SMILES string of the molecule is CCc1ccc2sc(OB(O)O)cc2c1. The maximum Gasteiger partial charge on any atom is 0.708 e. The van der Waals surface area contributed by atoms with Crippen molar-refractivity contribution in [1.82, 2.24) is 0 Å². The van der Waals surface area contributed by atoms with Gasteiger partial charge in [0.15, 0.2) is 5.06 Å². The lowest BCUT2D eigenvalue weighted by molar-refractivity contribution is 0.292. The summed E-state index contributed by atoms with van der Waals surface area (Å²) in [5, 5.41) is 18.9. The fraction of sp³-hybridized carbons (Fsp3) is 0.200. The van der Waals surface area contributed by atoms with Gasteiger partial charge in [-0.1, -0.05) is 19.1 Å². The molecule has 0 saturated heterocycles. The molecular formula is C10H11BO3S. The Morgan fingerprint density at radius 1 is 1.33 bits per heavy atom. The average Bonchev–Trinajstić information content (AvgIpc) is 2.57. The number of fused-ring (bicyclic) bond motifs is 1. The second-order valence-electron chi connectivity index (χ2n) is 3.24. The summed E-state index contributed by atoms with van der Waals surface area (Å²) >= 11 is 1.40. The standard InChI is InChI=1S/C10H11BO3S/c1-2-7-3-4-9-8(5-7)6-10(15-9)14-11(12)13/h3-6,12-13H,2H2,1H3. The van der Waals surface area contributed by atoms with E-state index < -0.39 is 7.32 Å². The predicted molar refractivity (Wildman–Crippen MR) is 62.0 cm³/mol. The molecule has 1 aromatic heterocycles. The van der Waals surface area contributed by atoms with Crippen molar-refractivity contribution in [3.63, 3.8) is 0 Å². The van der Waals surface area contributed by atoms with Crippen LogP contribution in [-0.2, 0) is 6.42 Å². The zero-order valence-electron chi connectivity index (χ0n) is 8.30. The first-order valence-electron chi connectivity index (χ1n) is 4.74. The molecule has 0 spiro atoms. The largest absolute Gasteiger partial charge is 0.708 e. The fourth-order valence-corrected chi connectivity index (χ4v) is 2.36. The Bertz CT molecular complexity index is 467. The molecule has 0 amide bonds. The van der Waals surface area contributed by atoms with Crippen molar-refractivity contribution in [2.24, 2.45) is 0 Å². The number of rotatable bonds is 3. The summed E-state index contributed by atoms with van der Waals surface area (Å²) in [7, 11) is -1.75. The summed E-state index contributed by atoms with van der Waals surface area (Å²) in [6.07, 6.45) is 0.991. The van der Waals surface area contributed by atoms with Crippen LogP contribution in [-0.4, -0.2) is 17.4 Å². The van der Waals surface area contributed by atoms with Crippen molar-refractivity contribution >= 4 is 28.7 Å². The zero-order chi connectivity index (χ0) is 10.8. The highest BCUT2D eigenvalue weighted by molar-refractivity contribution is 7.20. The molecule has 1 aromatic carbocycles. The van der Waals surface area contributed by atoms with E-state index in [0.29, 0.717) is 5.06 Å². The van der Waals surface area contributed by atoms with Crippen LogP contribution in [0.4, 0.5) is 0 Å². The number of hydrogen-bond donors (Lipinski definition) is 2. The minimum absolute atomic E-state index is 0.522. The first-order valence-corrected chi connectivity index (χ1v) is 5.56. The van der Waals surface area contributed by atoms with E-state index in [1.54, 1.807) is 0 Å². The van der Waals surface area contributed by atoms with Gasteiger partial charge in [0.25, 0.3) is 0 Å². The Hall–Kier alpha value is -1.04. The second kappa shape index (κ2) is 4.22. The lowest BCUT2D eigenvalue weighted by atomic mass is 10.1. The second-order valence-corrected chi connectivity index (χ2v) is 4.28. The third-order valence-electron chi connectivity index (χ3n) is 2.19. The van der Waals surface area contributed by atoms with Gasteiger partial charge in [0.1, 0.15) is 0 Å². The molecule has 2 aromatic rings. The molecule has 5 heteroatoms. The Kier molecular flexibility index (Phi) is 2.95. The first-order chi connectivity index (χ1) is 7.19. The van der Waals surface area contributed by atoms with Gasteiger partial charge < -0.3 is 14.7 Å². The zero-order valence-corrected chi connectivity index (χ0v) is 9.12. The summed E-state index contributed by atoms with van der Waals surface area (Å²) in [6, 6.07) is 7.99. The Morgan fingerprint density at radius 3 is 2.80 bits per heavy atom. The molecule has 0 unspecified atom stereocenters. The molecule has 2 rings (SSSR count). The van der Waals surface area contributed by atoms with E-state index in [1.165, 1.54) is 16.9 Å². The van der Waals surface area contributed by atoms with Crippen LogP contribution in [0.3, 0.4) is 0 Å². The van der Waals surface area contributed by atoms with E-state index in [-0.39, 0.29) is 0 Å². The van der Waals surface area contributed by atoms with Gasteiger partial charge in [-0.05, 0) is 29.5 Å². The number of thiophene rings is 1.